The first-order valence-electron chi connectivity index (χ1n) is 3.97. The molecule has 1 aliphatic heterocycles. The van der Waals surface area contributed by atoms with E-state index in [1.54, 1.807) is 0 Å². The Bertz CT molecular complexity index is 113. The maximum Gasteiger partial charge on any atom is 0.117 e. The molecule has 1 fully saturated rings. The number of ether oxygens (including phenoxy) is 1. The Balaban J connectivity index is 2.32. The molecule has 1 heterocycles. The van der Waals surface area contributed by atoms with Gasteiger partial charge in [0.05, 0.1) is 13.2 Å². The van der Waals surface area contributed by atoms with E-state index >= 15 is 0 Å². The molecule has 0 radical (unpaired) electrons. The van der Waals surface area contributed by atoms with E-state index in [0.717, 1.165) is 26.3 Å². The molecule has 0 saturated carbocycles. The van der Waals surface area contributed by atoms with Crippen molar-refractivity contribution in [1.82, 2.24) is 4.90 Å². The van der Waals surface area contributed by atoms with E-state index in [4.69, 9.17) is 15.6 Å². The molecule has 3 N–H and O–H groups in total. The van der Waals surface area contributed by atoms with E-state index in [0.29, 0.717) is 0 Å². The fraction of sp³-hybridized carbons (Fsp3) is 1.00. The van der Waals surface area contributed by atoms with E-state index in [1.165, 1.54) is 0 Å². The predicted octanol–water partition coefficient (Wildman–Crippen LogP) is -1.02. The first-order valence-corrected chi connectivity index (χ1v) is 3.97. The molecule has 66 valence electrons. The van der Waals surface area contributed by atoms with E-state index in [1.807, 2.05) is 6.92 Å². The summed E-state index contributed by atoms with van der Waals surface area (Å²) in [6, 6.07) is 0.0406. The Hall–Kier alpha value is -0.160. The van der Waals surface area contributed by atoms with Crippen LogP contribution in [0.25, 0.3) is 0 Å². The minimum Gasteiger partial charge on any atom is -0.379 e. The number of rotatable bonds is 2. The van der Waals surface area contributed by atoms with Crippen LogP contribution in [0.1, 0.15) is 6.92 Å². The third-order valence-electron chi connectivity index (χ3n) is 2.12. The second-order valence-electron chi connectivity index (χ2n) is 2.88. The van der Waals surface area contributed by atoms with Gasteiger partial charge in [-0.15, -0.1) is 0 Å². The van der Waals surface area contributed by atoms with Gasteiger partial charge in [0.2, 0.25) is 0 Å². The van der Waals surface area contributed by atoms with E-state index < -0.39 is 6.23 Å². The minimum atomic E-state index is -0.743. The normalized spacial score (nSPS) is 26.5. The quantitative estimate of drug-likeness (QED) is 0.508. The smallest absolute Gasteiger partial charge is 0.117 e. The third kappa shape index (κ3) is 2.41. The fourth-order valence-electron chi connectivity index (χ4n) is 1.20. The van der Waals surface area contributed by atoms with Crippen molar-refractivity contribution < 1.29 is 9.84 Å². The van der Waals surface area contributed by atoms with Crippen LogP contribution in [0.5, 0.6) is 0 Å². The zero-order chi connectivity index (χ0) is 8.27. The second-order valence-corrected chi connectivity index (χ2v) is 2.88. The SMILES string of the molecule is CC(C(N)O)N1CCOCC1. The molecule has 0 aromatic carbocycles. The lowest BCUT2D eigenvalue weighted by Gasteiger charge is -2.33. The van der Waals surface area contributed by atoms with E-state index in [2.05, 4.69) is 4.90 Å². The van der Waals surface area contributed by atoms with Gasteiger partial charge in [0.1, 0.15) is 6.23 Å². The summed E-state index contributed by atoms with van der Waals surface area (Å²) in [4.78, 5) is 2.13. The third-order valence-corrected chi connectivity index (χ3v) is 2.12. The Morgan fingerprint density at radius 1 is 1.45 bits per heavy atom. The zero-order valence-electron chi connectivity index (χ0n) is 6.86. The van der Waals surface area contributed by atoms with Crippen LogP contribution >= 0.6 is 0 Å². The molecule has 2 atom stereocenters. The van der Waals surface area contributed by atoms with Crippen molar-refractivity contribution >= 4 is 0 Å². The number of aliphatic hydroxyl groups is 1. The lowest BCUT2D eigenvalue weighted by molar-refractivity contribution is -0.0141. The Labute approximate surface area is 66.9 Å². The molecule has 4 heteroatoms. The molecule has 0 spiro atoms. The predicted molar refractivity (Wildman–Crippen MR) is 42.0 cm³/mol. The highest BCUT2D eigenvalue weighted by Gasteiger charge is 2.20. The monoisotopic (exact) mass is 160 g/mol. The van der Waals surface area contributed by atoms with Crippen LogP contribution in [0.4, 0.5) is 0 Å². The van der Waals surface area contributed by atoms with Gasteiger partial charge < -0.3 is 15.6 Å². The molecule has 0 amide bonds. The lowest BCUT2D eigenvalue weighted by Crippen LogP contribution is -2.50. The Morgan fingerprint density at radius 3 is 2.45 bits per heavy atom. The van der Waals surface area contributed by atoms with Crippen molar-refractivity contribution in [1.29, 1.82) is 0 Å². The molecule has 2 unspecified atom stereocenters. The molecule has 1 aliphatic rings. The number of hydrogen-bond acceptors (Lipinski definition) is 4. The van der Waals surface area contributed by atoms with Crippen molar-refractivity contribution in [3.63, 3.8) is 0 Å². The van der Waals surface area contributed by atoms with Crippen LogP contribution in [0.2, 0.25) is 0 Å². The fourth-order valence-corrected chi connectivity index (χ4v) is 1.20. The number of nitrogens with zero attached hydrogens (tertiary/aromatic N) is 1. The first kappa shape index (κ1) is 8.93. The summed E-state index contributed by atoms with van der Waals surface area (Å²) in [6.07, 6.45) is -0.743. The summed E-state index contributed by atoms with van der Waals surface area (Å²) in [7, 11) is 0. The minimum absolute atomic E-state index is 0.0406. The van der Waals surface area contributed by atoms with E-state index in [9.17, 15) is 0 Å². The van der Waals surface area contributed by atoms with Crippen molar-refractivity contribution in [2.45, 2.75) is 19.2 Å². The van der Waals surface area contributed by atoms with Crippen molar-refractivity contribution in [3.8, 4) is 0 Å². The van der Waals surface area contributed by atoms with Crippen molar-refractivity contribution in [2.75, 3.05) is 26.3 Å². The largest absolute Gasteiger partial charge is 0.379 e. The van der Waals surface area contributed by atoms with Gasteiger partial charge in [0.25, 0.3) is 0 Å². The van der Waals surface area contributed by atoms with Crippen LogP contribution in [0.15, 0.2) is 0 Å². The summed E-state index contributed by atoms with van der Waals surface area (Å²) in [5.41, 5.74) is 5.34. The molecular formula is C7H16N2O2. The maximum absolute atomic E-state index is 9.07. The van der Waals surface area contributed by atoms with Crippen molar-refractivity contribution in [2.24, 2.45) is 5.73 Å². The summed E-state index contributed by atoms with van der Waals surface area (Å²) >= 11 is 0. The van der Waals surface area contributed by atoms with Gasteiger partial charge >= 0.3 is 0 Å². The van der Waals surface area contributed by atoms with Crippen LogP contribution in [0.3, 0.4) is 0 Å². The molecule has 11 heavy (non-hydrogen) atoms. The highest BCUT2D eigenvalue weighted by Crippen LogP contribution is 2.04. The molecule has 4 nitrogen and oxygen atoms in total. The Morgan fingerprint density at radius 2 is 2.00 bits per heavy atom. The average molecular weight is 160 g/mol. The number of aliphatic hydroxyl groups excluding tert-OH is 1. The second kappa shape index (κ2) is 4.01. The average Bonchev–Trinajstić information content (AvgIpc) is 2.05. The van der Waals surface area contributed by atoms with Crippen molar-refractivity contribution in [3.05, 3.63) is 0 Å². The summed E-state index contributed by atoms with van der Waals surface area (Å²) in [5.74, 6) is 0. The van der Waals surface area contributed by atoms with E-state index in [-0.39, 0.29) is 6.04 Å². The molecular weight excluding hydrogens is 144 g/mol. The molecule has 1 rings (SSSR count). The maximum atomic E-state index is 9.07. The van der Waals surface area contributed by atoms with Gasteiger partial charge in [-0.2, -0.15) is 0 Å². The summed E-state index contributed by atoms with van der Waals surface area (Å²) in [5, 5.41) is 9.07. The lowest BCUT2D eigenvalue weighted by atomic mass is 10.2. The van der Waals surface area contributed by atoms with Crippen LogP contribution < -0.4 is 5.73 Å². The number of hydrogen-bond donors (Lipinski definition) is 2. The van der Waals surface area contributed by atoms with Gasteiger partial charge in [-0.05, 0) is 6.92 Å². The summed E-state index contributed by atoms with van der Waals surface area (Å²) < 4.78 is 5.17. The molecule has 0 aromatic heterocycles. The highest BCUT2D eigenvalue weighted by molar-refractivity contribution is 4.72. The standard InChI is InChI=1S/C7H16N2O2/c1-6(7(8)10)9-2-4-11-5-3-9/h6-7,10H,2-5,8H2,1H3. The Kier molecular flexibility index (Phi) is 3.26. The van der Waals surface area contributed by atoms with Crippen LogP contribution in [-0.4, -0.2) is 48.6 Å². The van der Waals surface area contributed by atoms with Gasteiger partial charge in [0, 0.05) is 19.1 Å². The highest BCUT2D eigenvalue weighted by atomic mass is 16.5. The zero-order valence-corrected chi connectivity index (χ0v) is 6.86. The molecule has 1 saturated heterocycles. The van der Waals surface area contributed by atoms with Gasteiger partial charge in [-0.25, -0.2) is 0 Å². The molecule has 0 aromatic rings. The topological polar surface area (TPSA) is 58.7 Å². The first-order chi connectivity index (χ1) is 5.22. The molecule has 0 aliphatic carbocycles. The number of morpholine rings is 1. The van der Waals surface area contributed by atoms with Crippen LogP contribution in [-0.2, 0) is 4.74 Å². The number of nitrogens with two attached hydrogens (primary N) is 1. The van der Waals surface area contributed by atoms with Gasteiger partial charge in [-0.3, -0.25) is 4.90 Å². The van der Waals surface area contributed by atoms with Gasteiger partial charge in [-0.1, -0.05) is 0 Å². The summed E-state index contributed by atoms with van der Waals surface area (Å²) in [6.45, 7) is 5.16. The van der Waals surface area contributed by atoms with Gasteiger partial charge in [0.15, 0.2) is 0 Å². The molecule has 0 bridgehead atoms. The van der Waals surface area contributed by atoms with Crippen LogP contribution in [0, 0.1) is 0 Å².